The van der Waals surface area contributed by atoms with Crippen LogP contribution in [0, 0.1) is 0 Å². The second-order valence-electron chi connectivity index (χ2n) is 6.54. The summed E-state index contributed by atoms with van der Waals surface area (Å²) in [6.45, 7) is 8.61. The second kappa shape index (κ2) is 5.51. The van der Waals surface area contributed by atoms with E-state index < -0.39 is 5.60 Å². The molecular formula is C16H22N4O2. The molecule has 2 aromatic rings. The summed E-state index contributed by atoms with van der Waals surface area (Å²) in [6, 6.07) is 6.13. The first kappa shape index (κ1) is 14.7. The summed E-state index contributed by atoms with van der Waals surface area (Å²) >= 11 is 0. The highest BCUT2D eigenvalue weighted by atomic mass is 16.6. The second-order valence-corrected chi connectivity index (χ2v) is 6.54. The quantitative estimate of drug-likeness (QED) is 0.811. The van der Waals surface area contributed by atoms with Crippen LogP contribution in [0.4, 0.5) is 10.5 Å². The molecule has 0 N–H and O–H groups in total. The van der Waals surface area contributed by atoms with E-state index in [0.717, 1.165) is 24.3 Å². The van der Waals surface area contributed by atoms with E-state index in [2.05, 4.69) is 22.1 Å². The number of pyridine rings is 1. The molecule has 0 bridgehead atoms. The minimum atomic E-state index is -0.445. The number of hydrogen-bond acceptors (Lipinski definition) is 4. The summed E-state index contributed by atoms with van der Waals surface area (Å²) in [5.41, 5.74) is 1.76. The molecule has 0 atom stereocenters. The maximum absolute atomic E-state index is 12.1. The zero-order chi connectivity index (χ0) is 15.7. The van der Waals surface area contributed by atoms with Crippen LogP contribution in [0.2, 0.25) is 0 Å². The van der Waals surface area contributed by atoms with Crippen molar-refractivity contribution in [2.24, 2.45) is 0 Å². The highest BCUT2D eigenvalue weighted by molar-refractivity contribution is 5.68. The molecule has 0 saturated carbocycles. The van der Waals surface area contributed by atoms with Gasteiger partial charge in [-0.2, -0.15) is 5.10 Å². The molecule has 6 heteroatoms. The number of rotatable bonds is 1. The summed E-state index contributed by atoms with van der Waals surface area (Å²) in [5.74, 6) is 0. The van der Waals surface area contributed by atoms with Crippen molar-refractivity contribution in [3.63, 3.8) is 0 Å². The van der Waals surface area contributed by atoms with Crippen LogP contribution in [0.15, 0.2) is 30.6 Å². The molecule has 0 radical (unpaired) electrons. The number of aromatic nitrogens is 2. The monoisotopic (exact) mass is 302 g/mol. The largest absolute Gasteiger partial charge is 0.444 e. The number of amides is 1. The first-order chi connectivity index (χ1) is 10.4. The van der Waals surface area contributed by atoms with Crippen molar-refractivity contribution in [1.29, 1.82) is 0 Å². The zero-order valence-electron chi connectivity index (χ0n) is 13.3. The van der Waals surface area contributed by atoms with Crippen LogP contribution < -0.4 is 4.90 Å². The topological polar surface area (TPSA) is 50.1 Å². The molecule has 0 aliphatic carbocycles. The SMILES string of the molecule is CC(C)(C)OC(=O)N1CCN(c2ccc3ccnn3c2)CC1. The summed E-state index contributed by atoms with van der Waals surface area (Å²) < 4.78 is 7.29. The summed E-state index contributed by atoms with van der Waals surface area (Å²) in [5, 5.41) is 4.26. The molecule has 1 amide bonds. The van der Waals surface area contributed by atoms with Crippen molar-refractivity contribution in [3.8, 4) is 0 Å². The van der Waals surface area contributed by atoms with Gasteiger partial charge in [0.2, 0.25) is 0 Å². The molecule has 6 nitrogen and oxygen atoms in total. The third kappa shape index (κ3) is 3.16. The van der Waals surface area contributed by atoms with Gasteiger partial charge in [0.05, 0.1) is 17.4 Å². The molecule has 1 aliphatic heterocycles. The third-order valence-corrected chi connectivity index (χ3v) is 3.68. The zero-order valence-corrected chi connectivity index (χ0v) is 13.3. The molecular weight excluding hydrogens is 280 g/mol. The van der Waals surface area contributed by atoms with E-state index in [1.165, 1.54) is 0 Å². The highest BCUT2D eigenvalue weighted by Gasteiger charge is 2.26. The van der Waals surface area contributed by atoms with Crippen molar-refractivity contribution in [3.05, 3.63) is 30.6 Å². The van der Waals surface area contributed by atoms with Crippen LogP contribution in [0.5, 0.6) is 0 Å². The lowest BCUT2D eigenvalue weighted by atomic mass is 10.2. The molecule has 118 valence electrons. The molecule has 1 fully saturated rings. The number of nitrogens with zero attached hydrogens (tertiary/aromatic N) is 4. The summed E-state index contributed by atoms with van der Waals surface area (Å²) in [7, 11) is 0. The van der Waals surface area contributed by atoms with Gasteiger partial charge < -0.3 is 14.5 Å². The number of hydrogen-bond donors (Lipinski definition) is 0. The van der Waals surface area contributed by atoms with Gasteiger partial charge in [0.25, 0.3) is 0 Å². The molecule has 1 saturated heterocycles. The molecule has 0 unspecified atom stereocenters. The Bertz CT molecular complexity index is 666. The van der Waals surface area contributed by atoms with Crippen LogP contribution in [0.3, 0.4) is 0 Å². The predicted molar refractivity (Wildman–Crippen MR) is 85.2 cm³/mol. The van der Waals surface area contributed by atoms with Gasteiger partial charge in [0.15, 0.2) is 0 Å². The lowest BCUT2D eigenvalue weighted by Gasteiger charge is -2.36. The van der Waals surface area contributed by atoms with Gasteiger partial charge in [-0.05, 0) is 39.0 Å². The average molecular weight is 302 g/mol. The number of piperazine rings is 1. The Kier molecular flexibility index (Phi) is 3.68. The van der Waals surface area contributed by atoms with Crippen molar-refractivity contribution in [2.45, 2.75) is 26.4 Å². The van der Waals surface area contributed by atoms with Crippen LogP contribution in [0.1, 0.15) is 20.8 Å². The van der Waals surface area contributed by atoms with E-state index in [-0.39, 0.29) is 6.09 Å². The van der Waals surface area contributed by atoms with Crippen LogP contribution in [-0.2, 0) is 4.74 Å². The lowest BCUT2D eigenvalue weighted by Crippen LogP contribution is -2.50. The minimum absolute atomic E-state index is 0.227. The van der Waals surface area contributed by atoms with Gasteiger partial charge in [0.1, 0.15) is 5.60 Å². The molecule has 2 aromatic heterocycles. The van der Waals surface area contributed by atoms with Gasteiger partial charge in [-0.3, -0.25) is 0 Å². The number of fused-ring (bicyclic) bond motifs is 1. The Hall–Kier alpha value is -2.24. The number of anilines is 1. The fraction of sp³-hybridized carbons (Fsp3) is 0.500. The molecule has 0 aromatic carbocycles. The smallest absolute Gasteiger partial charge is 0.410 e. The van der Waals surface area contributed by atoms with Gasteiger partial charge >= 0.3 is 6.09 Å². The maximum Gasteiger partial charge on any atom is 0.410 e. The number of carbonyl (C=O) groups excluding carboxylic acids is 1. The minimum Gasteiger partial charge on any atom is -0.444 e. The van der Waals surface area contributed by atoms with Gasteiger partial charge in [-0.15, -0.1) is 0 Å². The molecule has 0 spiro atoms. The van der Waals surface area contributed by atoms with Gasteiger partial charge in [0, 0.05) is 32.4 Å². The van der Waals surface area contributed by atoms with E-state index >= 15 is 0 Å². The molecule has 3 heterocycles. The Labute approximate surface area is 130 Å². The maximum atomic E-state index is 12.1. The number of carbonyl (C=O) groups is 1. The summed E-state index contributed by atoms with van der Waals surface area (Å²) in [6.07, 6.45) is 3.59. The van der Waals surface area contributed by atoms with Crippen LogP contribution in [-0.4, -0.2) is 52.4 Å². The normalized spacial score (nSPS) is 16.1. The van der Waals surface area contributed by atoms with Gasteiger partial charge in [-0.1, -0.05) is 0 Å². The lowest BCUT2D eigenvalue weighted by molar-refractivity contribution is 0.0240. The molecule has 1 aliphatic rings. The Morgan fingerprint density at radius 3 is 2.55 bits per heavy atom. The highest BCUT2D eigenvalue weighted by Crippen LogP contribution is 2.18. The Morgan fingerprint density at radius 2 is 1.86 bits per heavy atom. The van der Waals surface area contributed by atoms with E-state index in [0.29, 0.717) is 13.1 Å². The first-order valence-electron chi connectivity index (χ1n) is 7.59. The van der Waals surface area contributed by atoms with Crippen LogP contribution in [0.25, 0.3) is 5.52 Å². The number of ether oxygens (including phenoxy) is 1. The van der Waals surface area contributed by atoms with Crippen molar-refractivity contribution in [2.75, 3.05) is 31.1 Å². The van der Waals surface area contributed by atoms with Crippen molar-refractivity contribution in [1.82, 2.24) is 14.5 Å². The fourth-order valence-corrected chi connectivity index (χ4v) is 2.56. The standard InChI is InChI=1S/C16H22N4O2/c1-16(2,3)22-15(21)19-10-8-18(9-11-19)14-5-4-13-6-7-17-20(13)12-14/h4-7,12H,8-11H2,1-3H3. The van der Waals surface area contributed by atoms with E-state index in [4.69, 9.17) is 4.74 Å². The summed E-state index contributed by atoms with van der Waals surface area (Å²) in [4.78, 5) is 16.1. The van der Waals surface area contributed by atoms with Crippen LogP contribution >= 0.6 is 0 Å². The van der Waals surface area contributed by atoms with E-state index in [1.54, 1.807) is 11.1 Å². The van der Waals surface area contributed by atoms with Crippen molar-refractivity contribution < 1.29 is 9.53 Å². The van der Waals surface area contributed by atoms with E-state index in [1.807, 2.05) is 37.5 Å². The van der Waals surface area contributed by atoms with Crippen molar-refractivity contribution >= 4 is 17.3 Å². The molecule has 3 rings (SSSR count). The fourth-order valence-electron chi connectivity index (χ4n) is 2.56. The Balaban J connectivity index is 1.62. The van der Waals surface area contributed by atoms with E-state index in [9.17, 15) is 4.79 Å². The Morgan fingerprint density at radius 1 is 1.14 bits per heavy atom. The molecule has 22 heavy (non-hydrogen) atoms. The average Bonchev–Trinajstić information content (AvgIpc) is 2.93. The van der Waals surface area contributed by atoms with Gasteiger partial charge in [-0.25, -0.2) is 9.31 Å². The predicted octanol–water partition coefficient (Wildman–Crippen LogP) is 2.39. The third-order valence-electron chi connectivity index (χ3n) is 3.68. The first-order valence-corrected chi connectivity index (χ1v) is 7.59.